The Labute approximate surface area is 66.2 Å². The van der Waals surface area contributed by atoms with Crippen molar-refractivity contribution < 1.29 is 0 Å². The van der Waals surface area contributed by atoms with Crippen molar-refractivity contribution in [3.8, 4) is 0 Å². The van der Waals surface area contributed by atoms with Gasteiger partial charge in [0.05, 0.1) is 0 Å². The Morgan fingerprint density at radius 3 is 2.80 bits per heavy atom. The Morgan fingerprint density at radius 1 is 1.10 bits per heavy atom. The van der Waals surface area contributed by atoms with Crippen LogP contribution in [0.15, 0.2) is 28.1 Å². The van der Waals surface area contributed by atoms with Crippen LogP contribution in [0.2, 0.25) is 0 Å². The molecule has 1 aromatic carbocycles. The molecule has 0 aliphatic carbocycles. The van der Waals surface area contributed by atoms with Gasteiger partial charge in [-0.2, -0.15) is 0 Å². The van der Waals surface area contributed by atoms with Crippen LogP contribution in [-0.2, 0) is 0 Å². The molecule has 2 aromatic rings. The van der Waals surface area contributed by atoms with Gasteiger partial charge in [-0.05, 0) is 0 Å². The third-order valence-corrected chi connectivity index (χ3v) is 3.27. The molecule has 1 heterocycles. The monoisotopic (exact) mass is 196 g/mol. The van der Waals surface area contributed by atoms with E-state index in [1.165, 1.54) is 16.3 Å². The molecule has 0 unspecified atom stereocenters. The van der Waals surface area contributed by atoms with Crippen molar-refractivity contribution in [1.82, 2.24) is 0 Å². The Balaban J connectivity index is 2.86. The number of hydrogen-bond donors (Lipinski definition) is 0. The van der Waals surface area contributed by atoms with E-state index in [0.717, 1.165) is 0 Å². The first-order valence-corrected chi connectivity index (χ1v) is 5.26. The van der Waals surface area contributed by atoms with Gasteiger partial charge in [-0.3, -0.25) is 0 Å². The fourth-order valence-corrected chi connectivity index (χ4v) is 2.72. The molecule has 0 saturated carbocycles. The Morgan fingerprint density at radius 2 is 1.90 bits per heavy atom. The third-order valence-electron chi connectivity index (χ3n) is 1.63. The van der Waals surface area contributed by atoms with Crippen LogP contribution >= 0.6 is 0 Å². The molecule has 0 aliphatic rings. The van der Waals surface area contributed by atoms with Gasteiger partial charge in [0.15, 0.2) is 0 Å². The average molecular weight is 195 g/mol. The Hall–Kier alpha value is -0.521. The predicted octanol–water partition coefficient (Wildman–Crippen LogP) is 2.21. The van der Waals surface area contributed by atoms with Crippen LogP contribution in [0.4, 0.5) is 0 Å². The van der Waals surface area contributed by atoms with Crippen LogP contribution in [0.1, 0.15) is 5.56 Å². The summed E-state index contributed by atoms with van der Waals surface area (Å²) in [5, 5.41) is 2.85. The minimum absolute atomic E-state index is 0.621. The standard InChI is InChI=1S/C9H8Se/c1-7-2-3-8-5-10-6-9(8)4-7/h2-6H,1H3. The number of rotatable bonds is 0. The van der Waals surface area contributed by atoms with E-state index < -0.39 is 0 Å². The minimum atomic E-state index is 0.621. The zero-order valence-electron chi connectivity index (χ0n) is 5.79. The van der Waals surface area contributed by atoms with E-state index >= 15 is 0 Å². The maximum atomic E-state index is 2.33. The molecule has 1 heteroatoms. The van der Waals surface area contributed by atoms with E-state index in [1.807, 2.05) is 0 Å². The van der Waals surface area contributed by atoms with Crippen LogP contribution in [-0.4, -0.2) is 14.5 Å². The number of benzene rings is 1. The summed E-state index contributed by atoms with van der Waals surface area (Å²) in [4.78, 5) is 4.65. The second kappa shape index (κ2) is 2.26. The van der Waals surface area contributed by atoms with E-state index in [0.29, 0.717) is 14.5 Å². The molecule has 0 saturated heterocycles. The van der Waals surface area contributed by atoms with Crippen molar-refractivity contribution in [2.75, 3.05) is 0 Å². The van der Waals surface area contributed by atoms with E-state index in [1.54, 1.807) is 0 Å². The van der Waals surface area contributed by atoms with Crippen LogP contribution in [0.3, 0.4) is 0 Å². The fraction of sp³-hybridized carbons (Fsp3) is 0.111. The molecule has 0 amide bonds. The molecule has 0 aliphatic heterocycles. The van der Waals surface area contributed by atoms with Crippen LogP contribution < -0.4 is 0 Å². The van der Waals surface area contributed by atoms with Gasteiger partial charge < -0.3 is 0 Å². The van der Waals surface area contributed by atoms with Gasteiger partial charge in [-0.25, -0.2) is 0 Å². The summed E-state index contributed by atoms with van der Waals surface area (Å²) in [5.74, 6) is 0. The van der Waals surface area contributed by atoms with Crippen molar-refractivity contribution in [3.05, 3.63) is 33.6 Å². The van der Waals surface area contributed by atoms with Crippen molar-refractivity contribution in [3.63, 3.8) is 0 Å². The summed E-state index contributed by atoms with van der Waals surface area (Å²) in [7, 11) is 0. The molecule has 0 radical (unpaired) electrons. The summed E-state index contributed by atoms with van der Waals surface area (Å²) >= 11 is 0.621. The van der Waals surface area contributed by atoms with Gasteiger partial charge in [0.25, 0.3) is 0 Å². The van der Waals surface area contributed by atoms with Crippen LogP contribution in [0.5, 0.6) is 0 Å². The summed E-state index contributed by atoms with van der Waals surface area (Å²) in [5.41, 5.74) is 1.36. The summed E-state index contributed by atoms with van der Waals surface area (Å²) in [6, 6.07) is 6.63. The first kappa shape index (κ1) is 6.21. The number of hydrogen-bond acceptors (Lipinski definition) is 0. The SMILES string of the molecule is Cc1ccc2c[se]cc2c1. The van der Waals surface area contributed by atoms with Gasteiger partial charge in [-0.1, -0.05) is 0 Å². The molecule has 50 valence electrons. The molecule has 0 spiro atoms. The maximum absolute atomic E-state index is 2.33. The van der Waals surface area contributed by atoms with Crippen molar-refractivity contribution in [1.29, 1.82) is 0 Å². The summed E-state index contributed by atoms with van der Waals surface area (Å²) in [6.07, 6.45) is 0. The summed E-state index contributed by atoms with van der Waals surface area (Å²) in [6.45, 7) is 2.14. The zero-order valence-corrected chi connectivity index (χ0v) is 7.51. The molecule has 0 bridgehead atoms. The van der Waals surface area contributed by atoms with Crippen LogP contribution in [0.25, 0.3) is 10.8 Å². The second-order valence-corrected chi connectivity index (χ2v) is 4.06. The quantitative estimate of drug-likeness (QED) is 0.565. The predicted molar refractivity (Wildman–Crippen MR) is 45.6 cm³/mol. The summed E-state index contributed by atoms with van der Waals surface area (Å²) < 4.78 is 0. The molecule has 0 fully saturated rings. The molecule has 10 heavy (non-hydrogen) atoms. The first-order chi connectivity index (χ1) is 4.86. The number of aryl methyl sites for hydroxylation is 1. The third kappa shape index (κ3) is 0.920. The first-order valence-electron chi connectivity index (χ1n) is 3.29. The molecule has 1 aromatic heterocycles. The van der Waals surface area contributed by atoms with Gasteiger partial charge in [-0.15, -0.1) is 0 Å². The number of fused-ring (bicyclic) bond motifs is 1. The van der Waals surface area contributed by atoms with E-state index in [2.05, 4.69) is 35.0 Å². The zero-order chi connectivity index (χ0) is 6.97. The molecular formula is C9H8Se. The molecule has 0 atom stereocenters. The average Bonchev–Trinajstić information content (AvgIpc) is 2.33. The molecule has 0 N–H and O–H groups in total. The van der Waals surface area contributed by atoms with Crippen molar-refractivity contribution >= 4 is 25.3 Å². The normalized spacial score (nSPS) is 10.5. The van der Waals surface area contributed by atoms with Gasteiger partial charge in [0, 0.05) is 0 Å². The van der Waals surface area contributed by atoms with Crippen molar-refractivity contribution in [2.45, 2.75) is 6.92 Å². The van der Waals surface area contributed by atoms with Gasteiger partial charge in [0.2, 0.25) is 0 Å². The molecular weight excluding hydrogens is 187 g/mol. The molecule has 2 rings (SSSR count). The van der Waals surface area contributed by atoms with E-state index in [9.17, 15) is 0 Å². The van der Waals surface area contributed by atoms with E-state index in [-0.39, 0.29) is 0 Å². The Kier molecular flexibility index (Phi) is 1.40. The van der Waals surface area contributed by atoms with E-state index in [4.69, 9.17) is 0 Å². The second-order valence-electron chi connectivity index (χ2n) is 2.50. The topological polar surface area (TPSA) is 0 Å². The Bertz CT molecular complexity index is 346. The van der Waals surface area contributed by atoms with Gasteiger partial charge >= 0.3 is 65.8 Å². The van der Waals surface area contributed by atoms with Gasteiger partial charge in [0.1, 0.15) is 0 Å². The fourth-order valence-electron chi connectivity index (χ4n) is 1.08. The van der Waals surface area contributed by atoms with Crippen molar-refractivity contribution in [2.24, 2.45) is 0 Å². The molecule has 0 nitrogen and oxygen atoms in total. The van der Waals surface area contributed by atoms with Crippen LogP contribution in [0, 0.1) is 6.92 Å².